The van der Waals surface area contributed by atoms with Crippen molar-refractivity contribution in [1.29, 1.82) is 0 Å². The molecule has 8 nitrogen and oxygen atoms in total. The molecule has 1 aliphatic rings. The number of carbonyl (C=O) groups is 1. The molecule has 1 N–H and O–H groups in total. The second kappa shape index (κ2) is 5.99. The predicted molar refractivity (Wildman–Crippen MR) is 81.8 cm³/mol. The molecule has 0 saturated carbocycles. The molecule has 1 aromatic carbocycles. The van der Waals surface area contributed by atoms with Gasteiger partial charge in [-0.25, -0.2) is 4.31 Å². The number of hydrogen-bond acceptors (Lipinski definition) is 6. The number of nitrogens with zero attached hydrogens (tertiary/aromatic N) is 1. The monoisotopic (exact) mass is 345 g/mol. The summed E-state index contributed by atoms with van der Waals surface area (Å²) in [4.78, 5) is 11.4. The van der Waals surface area contributed by atoms with Crippen LogP contribution in [0.3, 0.4) is 0 Å². The first-order chi connectivity index (χ1) is 10.6. The van der Waals surface area contributed by atoms with Gasteiger partial charge in [0.15, 0.2) is 0 Å². The number of ether oxygens (including phenoxy) is 3. The average Bonchev–Trinajstić information content (AvgIpc) is 2.73. The van der Waals surface area contributed by atoms with Crippen LogP contribution in [0.4, 0.5) is 5.69 Å². The lowest BCUT2D eigenvalue weighted by Gasteiger charge is -2.25. The summed E-state index contributed by atoms with van der Waals surface area (Å²) in [5, 5.41) is 0. The number of rotatable bonds is 5. The highest BCUT2D eigenvalue weighted by Crippen LogP contribution is 2.44. The van der Waals surface area contributed by atoms with Crippen LogP contribution in [-0.4, -0.2) is 46.0 Å². The highest BCUT2D eigenvalue weighted by atomic mass is 32.2. The van der Waals surface area contributed by atoms with Crippen LogP contribution in [0.2, 0.25) is 0 Å². The summed E-state index contributed by atoms with van der Waals surface area (Å²) < 4.78 is 48.5. The molecule has 1 aliphatic heterocycles. The van der Waals surface area contributed by atoms with Gasteiger partial charge in [-0.3, -0.25) is 9.35 Å². The second-order valence-corrected chi connectivity index (χ2v) is 6.98. The molecule has 0 radical (unpaired) electrons. The lowest BCUT2D eigenvalue weighted by Crippen LogP contribution is -2.36. The Morgan fingerprint density at radius 3 is 2.57 bits per heavy atom. The minimum atomic E-state index is -4.64. The van der Waals surface area contributed by atoms with E-state index in [1.165, 1.54) is 13.2 Å². The van der Waals surface area contributed by atoms with E-state index in [2.05, 4.69) is 4.74 Å². The van der Waals surface area contributed by atoms with E-state index in [1.807, 2.05) is 13.8 Å². The second-order valence-electron chi connectivity index (χ2n) is 5.65. The van der Waals surface area contributed by atoms with Gasteiger partial charge in [-0.15, -0.1) is 0 Å². The zero-order valence-corrected chi connectivity index (χ0v) is 14.1. The maximum Gasteiger partial charge on any atom is 0.360 e. The Kier molecular flexibility index (Phi) is 4.56. The van der Waals surface area contributed by atoms with Gasteiger partial charge in [0.1, 0.15) is 12.3 Å². The van der Waals surface area contributed by atoms with Crippen LogP contribution in [0.5, 0.6) is 5.75 Å². The van der Waals surface area contributed by atoms with Crippen LogP contribution in [0.25, 0.3) is 0 Å². The average molecular weight is 345 g/mol. The van der Waals surface area contributed by atoms with E-state index in [1.54, 1.807) is 12.1 Å². The van der Waals surface area contributed by atoms with E-state index < -0.39 is 34.5 Å². The summed E-state index contributed by atoms with van der Waals surface area (Å²) in [6.07, 6.45) is -0.521. The SMILES string of the molecule is COC(=O)CN(c1ccc2c(c1)C(C)(C)C(OC)O2)S(=O)(=O)O. The minimum absolute atomic E-state index is 0.130. The molecule has 1 unspecified atom stereocenters. The van der Waals surface area contributed by atoms with E-state index in [0.717, 1.165) is 7.11 Å². The Morgan fingerprint density at radius 2 is 2.04 bits per heavy atom. The van der Waals surface area contributed by atoms with Crippen LogP contribution in [-0.2, 0) is 30.0 Å². The third-order valence-electron chi connectivity index (χ3n) is 3.76. The van der Waals surface area contributed by atoms with Crippen molar-refractivity contribution in [3.05, 3.63) is 23.8 Å². The van der Waals surface area contributed by atoms with Gasteiger partial charge in [-0.2, -0.15) is 8.42 Å². The van der Waals surface area contributed by atoms with Gasteiger partial charge in [0.25, 0.3) is 0 Å². The molecular formula is C14H19NO7S. The molecule has 1 atom stereocenters. The third kappa shape index (κ3) is 3.26. The normalized spacial score (nSPS) is 18.9. The molecule has 2 rings (SSSR count). The maximum absolute atomic E-state index is 11.6. The Hall–Kier alpha value is -1.84. The summed E-state index contributed by atoms with van der Waals surface area (Å²) in [7, 11) is -1.99. The zero-order chi connectivity index (χ0) is 17.4. The van der Waals surface area contributed by atoms with Crippen LogP contribution in [0.15, 0.2) is 18.2 Å². The summed E-state index contributed by atoms with van der Waals surface area (Å²) in [6.45, 7) is 3.13. The summed E-state index contributed by atoms with van der Waals surface area (Å²) in [5.41, 5.74) is 0.307. The number of esters is 1. The smallest absolute Gasteiger partial charge is 0.360 e. The molecule has 23 heavy (non-hydrogen) atoms. The van der Waals surface area contributed by atoms with Gasteiger partial charge >= 0.3 is 16.3 Å². The first-order valence-corrected chi connectivity index (χ1v) is 8.17. The van der Waals surface area contributed by atoms with Crippen LogP contribution >= 0.6 is 0 Å². The number of anilines is 1. The molecule has 0 aromatic heterocycles. The predicted octanol–water partition coefficient (Wildman–Crippen LogP) is 1.11. The number of fused-ring (bicyclic) bond motifs is 1. The van der Waals surface area contributed by atoms with Gasteiger partial charge in [-0.05, 0) is 32.0 Å². The molecule has 0 amide bonds. The van der Waals surface area contributed by atoms with Crippen molar-refractivity contribution in [2.45, 2.75) is 25.6 Å². The van der Waals surface area contributed by atoms with Gasteiger partial charge in [0.05, 0.1) is 18.2 Å². The Labute approximate surface area is 134 Å². The fourth-order valence-corrected chi connectivity index (χ4v) is 3.15. The number of hydrogen-bond donors (Lipinski definition) is 1. The minimum Gasteiger partial charge on any atom is -0.468 e. The molecule has 9 heteroatoms. The first kappa shape index (κ1) is 17.5. The Bertz CT molecular complexity index is 714. The standard InChI is InChI=1S/C14H19NO7S/c1-14(2)10-7-9(5-6-11(10)22-13(14)21-4)15(23(17,18)19)8-12(16)20-3/h5-7,13H,8H2,1-4H3,(H,17,18,19). The van der Waals surface area contributed by atoms with E-state index >= 15 is 0 Å². The van der Waals surface area contributed by atoms with Crippen LogP contribution in [0, 0.1) is 0 Å². The largest absolute Gasteiger partial charge is 0.468 e. The van der Waals surface area contributed by atoms with Crippen molar-refractivity contribution in [2.75, 3.05) is 25.1 Å². The topological polar surface area (TPSA) is 102 Å². The molecule has 0 fully saturated rings. The lowest BCUT2D eigenvalue weighted by atomic mass is 9.85. The summed E-state index contributed by atoms with van der Waals surface area (Å²) in [6, 6.07) is 4.55. The van der Waals surface area contributed by atoms with Crippen LogP contribution < -0.4 is 9.04 Å². The first-order valence-electron chi connectivity index (χ1n) is 6.77. The van der Waals surface area contributed by atoms with Gasteiger partial charge in [0.2, 0.25) is 6.29 Å². The molecule has 0 saturated heterocycles. The quantitative estimate of drug-likeness (QED) is 0.630. The molecule has 1 heterocycles. The number of benzene rings is 1. The molecule has 1 aromatic rings. The Balaban J connectivity index is 2.47. The van der Waals surface area contributed by atoms with Crippen molar-refractivity contribution in [3.8, 4) is 5.75 Å². The van der Waals surface area contributed by atoms with E-state index in [4.69, 9.17) is 9.47 Å². The number of carbonyl (C=O) groups excluding carboxylic acids is 1. The fraction of sp³-hybridized carbons (Fsp3) is 0.500. The van der Waals surface area contributed by atoms with Gasteiger partial charge in [0, 0.05) is 12.7 Å². The molecule has 0 aliphatic carbocycles. The van der Waals surface area contributed by atoms with Gasteiger partial charge < -0.3 is 14.2 Å². The third-order valence-corrected chi connectivity index (χ3v) is 4.66. The molecule has 0 spiro atoms. The summed E-state index contributed by atoms with van der Waals surface area (Å²) >= 11 is 0. The number of methoxy groups -OCH3 is 2. The van der Waals surface area contributed by atoms with Crippen molar-refractivity contribution in [1.82, 2.24) is 0 Å². The summed E-state index contributed by atoms with van der Waals surface area (Å²) in [5.74, 6) is -0.243. The fourth-order valence-electron chi connectivity index (χ4n) is 2.50. The highest BCUT2D eigenvalue weighted by molar-refractivity contribution is 7.87. The van der Waals surface area contributed by atoms with Crippen molar-refractivity contribution < 1.29 is 32.0 Å². The Morgan fingerprint density at radius 1 is 1.39 bits per heavy atom. The maximum atomic E-state index is 11.6. The highest BCUT2D eigenvalue weighted by Gasteiger charge is 2.42. The van der Waals surface area contributed by atoms with Gasteiger partial charge in [-0.1, -0.05) is 0 Å². The van der Waals surface area contributed by atoms with Crippen molar-refractivity contribution in [3.63, 3.8) is 0 Å². The molecular weight excluding hydrogens is 326 g/mol. The lowest BCUT2D eigenvalue weighted by molar-refractivity contribution is -0.138. The molecule has 0 bridgehead atoms. The van der Waals surface area contributed by atoms with E-state index in [0.29, 0.717) is 15.6 Å². The van der Waals surface area contributed by atoms with Crippen molar-refractivity contribution >= 4 is 22.0 Å². The van der Waals surface area contributed by atoms with E-state index in [9.17, 15) is 17.8 Å². The van der Waals surface area contributed by atoms with E-state index in [-0.39, 0.29) is 5.69 Å². The zero-order valence-electron chi connectivity index (χ0n) is 13.3. The van der Waals surface area contributed by atoms with Crippen molar-refractivity contribution in [2.24, 2.45) is 0 Å². The molecule has 128 valence electrons. The van der Waals surface area contributed by atoms with Crippen LogP contribution in [0.1, 0.15) is 19.4 Å².